The molecule has 0 aromatic carbocycles. The number of aliphatic hydroxyl groups excluding tert-OH is 3. The number of hydrogen-bond donors (Lipinski definition) is 4. The van der Waals surface area contributed by atoms with Gasteiger partial charge in [0.2, 0.25) is 0 Å². The summed E-state index contributed by atoms with van der Waals surface area (Å²) in [5.74, 6) is 0. The second-order valence-corrected chi connectivity index (χ2v) is 6.53. The summed E-state index contributed by atoms with van der Waals surface area (Å²) in [4.78, 5) is 0. The van der Waals surface area contributed by atoms with Gasteiger partial charge < -0.3 is 34.6 Å². The Morgan fingerprint density at radius 1 is 0.905 bits per heavy atom. The molecule has 3 rings (SSSR count). The molecule has 7 heteroatoms. The summed E-state index contributed by atoms with van der Waals surface area (Å²) in [7, 11) is 0. The third-order valence-electron chi connectivity index (χ3n) is 4.95. The summed E-state index contributed by atoms with van der Waals surface area (Å²) >= 11 is 0. The smallest absolute Gasteiger partial charge is 0.0837 e. The second-order valence-electron chi connectivity index (χ2n) is 6.53. The van der Waals surface area contributed by atoms with E-state index in [1.165, 1.54) is 0 Å². The van der Waals surface area contributed by atoms with Crippen LogP contribution in [-0.2, 0) is 14.2 Å². The van der Waals surface area contributed by atoms with E-state index in [-0.39, 0.29) is 31.2 Å². The highest BCUT2D eigenvalue weighted by atomic mass is 16.6. The fraction of sp³-hybridized carbons (Fsp3) is 1.00. The van der Waals surface area contributed by atoms with Gasteiger partial charge >= 0.3 is 0 Å². The lowest BCUT2D eigenvalue weighted by Crippen LogP contribution is -2.61. The van der Waals surface area contributed by atoms with Crippen LogP contribution in [0.4, 0.5) is 0 Å². The molecular formula is C14H24O7. The molecule has 3 saturated heterocycles. The zero-order valence-electron chi connectivity index (χ0n) is 12.0. The van der Waals surface area contributed by atoms with Crippen LogP contribution in [-0.4, -0.2) is 83.5 Å². The number of aliphatic hydroxyl groups is 4. The molecule has 4 atom stereocenters. The van der Waals surface area contributed by atoms with E-state index < -0.39 is 30.3 Å². The van der Waals surface area contributed by atoms with Crippen molar-refractivity contribution in [3.63, 3.8) is 0 Å². The minimum absolute atomic E-state index is 0.0592. The Kier molecular flexibility index (Phi) is 4.26. The molecule has 4 unspecified atom stereocenters. The molecular weight excluding hydrogens is 280 g/mol. The number of epoxide rings is 3. The molecule has 0 saturated carbocycles. The van der Waals surface area contributed by atoms with Crippen LogP contribution in [0.3, 0.4) is 0 Å². The van der Waals surface area contributed by atoms with E-state index in [0.29, 0.717) is 26.2 Å². The van der Waals surface area contributed by atoms with E-state index in [4.69, 9.17) is 14.2 Å². The molecule has 3 fully saturated rings. The molecule has 0 bridgehead atoms. The van der Waals surface area contributed by atoms with Crippen molar-refractivity contribution in [2.45, 2.75) is 49.3 Å². The van der Waals surface area contributed by atoms with Crippen LogP contribution < -0.4 is 0 Å². The maximum Gasteiger partial charge on any atom is 0.0837 e. The van der Waals surface area contributed by atoms with E-state index in [0.717, 1.165) is 0 Å². The predicted octanol–water partition coefficient (Wildman–Crippen LogP) is -1.58. The van der Waals surface area contributed by atoms with Gasteiger partial charge in [-0.05, 0) is 0 Å². The van der Waals surface area contributed by atoms with Crippen molar-refractivity contribution >= 4 is 0 Å². The van der Waals surface area contributed by atoms with Gasteiger partial charge in [-0.15, -0.1) is 0 Å². The molecule has 0 aromatic heterocycles. The van der Waals surface area contributed by atoms with E-state index in [1.54, 1.807) is 0 Å². The molecule has 0 radical (unpaired) electrons. The Hall–Kier alpha value is -0.280. The minimum Gasteiger partial charge on any atom is -0.395 e. The molecule has 122 valence electrons. The van der Waals surface area contributed by atoms with Crippen LogP contribution in [0.25, 0.3) is 0 Å². The highest BCUT2D eigenvalue weighted by molar-refractivity contribution is 5.07. The number of rotatable bonds is 10. The SMILES string of the molecule is OCC(CO)(C(O)CC1CO1)C(O)(CC1CO1)CC1CO1. The quantitative estimate of drug-likeness (QED) is 0.360. The average Bonchev–Trinajstić information content (AvgIpc) is 3.24. The van der Waals surface area contributed by atoms with Gasteiger partial charge in [0.25, 0.3) is 0 Å². The highest BCUT2D eigenvalue weighted by Crippen LogP contribution is 2.46. The predicted molar refractivity (Wildman–Crippen MR) is 70.6 cm³/mol. The molecule has 3 heterocycles. The van der Waals surface area contributed by atoms with Gasteiger partial charge in [-0.25, -0.2) is 0 Å². The highest BCUT2D eigenvalue weighted by Gasteiger charge is 2.58. The van der Waals surface area contributed by atoms with Crippen LogP contribution >= 0.6 is 0 Å². The molecule has 0 aromatic rings. The summed E-state index contributed by atoms with van der Waals surface area (Å²) < 4.78 is 15.5. The van der Waals surface area contributed by atoms with Gasteiger partial charge in [0, 0.05) is 19.3 Å². The Morgan fingerprint density at radius 2 is 1.33 bits per heavy atom. The maximum absolute atomic E-state index is 11.2. The lowest BCUT2D eigenvalue weighted by Gasteiger charge is -2.48. The second kappa shape index (κ2) is 5.73. The molecule has 0 aliphatic carbocycles. The van der Waals surface area contributed by atoms with Gasteiger partial charge in [-0.3, -0.25) is 0 Å². The van der Waals surface area contributed by atoms with Gasteiger partial charge in [0.15, 0.2) is 0 Å². The molecule has 3 aliphatic rings. The molecule has 4 N–H and O–H groups in total. The Labute approximate surface area is 123 Å². The monoisotopic (exact) mass is 304 g/mol. The first-order chi connectivity index (χ1) is 10.0. The van der Waals surface area contributed by atoms with Crippen molar-refractivity contribution in [3.05, 3.63) is 0 Å². The van der Waals surface area contributed by atoms with Crippen molar-refractivity contribution in [1.82, 2.24) is 0 Å². The van der Waals surface area contributed by atoms with Crippen LogP contribution in [0.1, 0.15) is 19.3 Å². The topological polar surface area (TPSA) is 119 Å². The Bertz CT molecular complexity index is 344. The van der Waals surface area contributed by atoms with Crippen LogP contribution in [0.15, 0.2) is 0 Å². The van der Waals surface area contributed by atoms with Crippen LogP contribution in [0, 0.1) is 5.41 Å². The zero-order chi connectivity index (χ0) is 15.1. The summed E-state index contributed by atoms with van der Waals surface area (Å²) in [5.41, 5.74) is -2.84. The van der Waals surface area contributed by atoms with E-state index in [9.17, 15) is 20.4 Å². The number of ether oxygens (including phenoxy) is 3. The summed E-state index contributed by atoms with van der Waals surface area (Å²) in [6.07, 6.45) is -0.446. The van der Waals surface area contributed by atoms with E-state index in [1.807, 2.05) is 0 Å². The molecule has 7 nitrogen and oxygen atoms in total. The van der Waals surface area contributed by atoms with Crippen LogP contribution in [0.5, 0.6) is 0 Å². The fourth-order valence-electron chi connectivity index (χ4n) is 3.16. The number of hydrogen-bond acceptors (Lipinski definition) is 7. The first-order valence-corrected chi connectivity index (χ1v) is 7.50. The van der Waals surface area contributed by atoms with Crippen molar-refractivity contribution in [2.24, 2.45) is 5.41 Å². The summed E-state index contributed by atoms with van der Waals surface area (Å²) in [6, 6.07) is 0. The largest absolute Gasteiger partial charge is 0.395 e. The maximum atomic E-state index is 11.2. The molecule has 0 spiro atoms. The van der Waals surface area contributed by atoms with Crippen molar-refractivity contribution in [1.29, 1.82) is 0 Å². The standard InChI is InChI=1S/C14H24O7/c15-7-13(8-16,12(17)1-9-4-19-9)14(18,2-10-5-20-10)3-11-6-21-11/h9-12,15-18H,1-8H2. The summed E-state index contributed by atoms with van der Waals surface area (Å²) in [6.45, 7) is 0.672. The third-order valence-corrected chi connectivity index (χ3v) is 4.95. The molecule has 0 amide bonds. The van der Waals surface area contributed by atoms with E-state index in [2.05, 4.69) is 0 Å². The van der Waals surface area contributed by atoms with E-state index >= 15 is 0 Å². The molecule has 21 heavy (non-hydrogen) atoms. The van der Waals surface area contributed by atoms with Crippen molar-refractivity contribution < 1.29 is 34.6 Å². The lowest BCUT2D eigenvalue weighted by molar-refractivity contribution is -0.196. The Balaban J connectivity index is 1.80. The lowest BCUT2D eigenvalue weighted by atomic mass is 9.64. The normalized spacial score (nSPS) is 35.1. The van der Waals surface area contributed by atoms with Gasteiger partial charge in [-0.2, -0.15) is 0 Å². The van der Waals surface area contributed by atoms with Crippen molar-refractivity contribution in [2.75, 3.05) is 33.0 Å². The van der Waals surface area contributed by atoms with Gasteiger partial charge in [0.1, 0.15) is 0 Å². The first kappa shape index (κ1) is 15.6. The average molecular weight is 304 g/mol. The van der Waals surface area contributed by atoms with Crippen molar-refractivity contribution in [3.8, 4) is 0 Å². The third kappa shape index (κ3) is 3.24. The summed E-state index contributed by atoms with van der Waals surface area (Å²) in [5, 5.41) is 41.5. The fourth-order valence-corrected chi connectivity index (χ4v) is 3.16. The zero-order valence-corrected chi connectivity index (χ0v) is 12.0. The van der Waals surface area contributed by atoms with Gasteiger partial charge in [-0.1, -0.05) is 0 Å². The minimum atomic E-state index is -1.44. The van der Waals surface area contributed by atoms with Crippen LogP contribution in [0.2, 0.25) is 0 Å². The van der Waals surface area contributed by atoms with Gasteiger partial charge in [0.05, 0.1) is 68.5 Å². The Morgan fingerprint density at radius 3 is 1.67 bits per heavy atom. The molecule has 3 aliphatic heterocycles. The first-order valence-electron chi connectivity index (χ1n) is 7.50.